The summed E-state index contributed by atoms with van der Waals surface area (Å²) in [5.41, 5.74) is 4.31. The summed E-state index contributed by atoms with van der Waals surface area (Å²) < 4.78 is 39.8. The molecule has 0 spiro atoms. The van der Waals surface area contributed by atoms with E-state index < -0.39 is 14.9 Å². The molecule has 0 aromatic heterocycles. The molecule has 0 saturated carbocycles. The van der Waals surface area contributed by atoms with E-state index in [1.165, 1.54) is 31.5 Å². The third-order valence-electron chi connectivity index (χ3n) is 5.34. The van der Waals surface area contributed by atoms with Crippen molar-refractivity contribution in [2.45, 2.75) is 11.5 Å². The minimum Gasteiger partial charge on any atom is -0.495 e. The van der Waals surface area contributed by atoms with Gasteiger partial charge in [-0.1, -0.05) is 42.5 Å². The molecule has 0 aliphatic carbocycles. The van der Waals surface area contributed by atoms with Crippen LogP contribution in [0.15, 0.2) is 107 Å². The van der Waals surface area contributed by atoms with Gasteiger partial charge in [0.05, 0.1) is 29.6 Å². The van der Waals surface area contributed by atoms with Crippen LogP contribution in [-0.4, -0.2) is 26.7 Å². The van der Waals surface area contributed by atoms with Crippen LogP contribution in [0.3, 0.4) is 0 Å². The molecule has 0 atom stereocenters. The molecule has 0 heterocycles. The van der Waals surface area contributed by atoms with Crippen LogP contribution in [0.1, 0.15) is 11.1 Å². The molecule has 0 radical (unpaired) electrons. The molecular formula is C27H24N4O6S. The van der Waals surface area contributed by atoms with Gasteiger partial charge < -0.3 is 9.47 Å². The van der Waals surface area contributed by atoms with Gasteiger partial charge in [0.1, 0.15) is 23.0 Å². The fraction of sp³-hybridized carbons (Fsp3) is 0.0741. The van der Waals surface area contributed by atoms with Gasteiger partial charge in [0.2, 0.25) is 0 Å². The van der Waals surface area contributed by atoms with E-state index in [-0.39, 0.29) is 22.0 Å². The van der Waals surface area contributed by atoms with Gasteiger partial charge in [0.25, 0.3) is 15.7 Å². The van der Waals surface area contributed by atoms with E-state index in [0.717, 1.165) is 17.2 Å². The third-order valence-corrected chi connectivity index (χ3v) is 6.75. The lowest BCUT2D eigenvalue weighted by molar-refractivity contribution is -0.385. The monoisotopic (exact) mass is 532 g/mol. The number of nitro groups is 1. The quantitative estimate of drug-likeness (QED) is 0.150. The molecule has 0 aliphatic rings. The Hall–Kier alpha value is -4.90. The molecule has 4 aromatic carbocycles. The topological polar surface area (TPSA) is 132 Å². The molecule has 38 heavy (non-hydrogen) atoms. The van der Waals surface area contributed by atoms with Crippen LogP contribution < -0.4 is 19.6 Å². The van der Waals surface area contributed by atoms with E-state index in [0.29, 0.717) is 18.1 Å². The minimum absolute atomic E-state index is 0.0528. The summed E-state index contributed by atoms with van der Waals surface area (Å²) in [5, 5.41) is 15.4. The lowest BCUT2D eigenvalue weighted by atomic mass is 10.2. The first kappa shape index (κ1) is 26.2. The van der Waals surface area contributed by atoms with Gasteiger partial charge in [-0.25, -0.2) is 8.42 Å². The average molecular weight is 533 g/mol. The van der Waals surface area contributed by atoms with Crippen molar-refractivity contribution in [1.29, 1.82) is 0 Å². The Balaban J connectivity index is 1.50. The fourth-order valence-corrected chi connectivity index (χ4v) is 4.68. The minimum atomic E-state index is -4.25. The Morgan fingerprint density at radius 3 is 2.34 bits per heavy atom. The van der Waals surface area contributed by atoms with Crippen molar-refractivity contribution in [2.24, 2.45) is 5.10 Å². The molecule has 2 N–H and O–H groups in total. The van der Waals surface area contributed by atoms with Crippen LogP contribution in [-0.2, 0) is 16.6 Å². The molecule has 0 aliphatic heterocycles. The van der Waals surface area contributed by atoms with Crippen molar-refractivity contribution in [1.82, 2.24) is 0 Å². The molecule has 11 heteroatoms. The smallest absolute Gasteiger partial charge is 0.270 e. The zero-order valence-electron chi connectivity index (χ0n) is 20.3. The second-order valence-electron chi connectivity index (χ2n) is 7.96. The SMILES string of the molecule is COc1ccccc1NS(=O)(=O)c1cc([N+](=O)[O-])ccc1N/N=C/c1ccc(OCc2ccccc2)cc1. The van der Waals surface area contributed by atoms with Crippen molar-refractivity contribution < 1.29 is 22.8 Å². The molecule has 4 rings (SSSR count). The summed E-state index contributed by atoms with van der Waals surface area (Å²) in [6.07, 6.45) is 1.49. The van der Waals surface area contributed by atoms with Crippen molar-refractivity contribution >= 4 is 33.3 Å². The molecule has 194 valence electrons. The zero-order valence-corrected chi connectivity index (χ0v) is 21.1. The van der Waals surface area contributed by atoms with Gasteiger partial charge in [0.15, 0.2) is 0 Å². The van der Waals surface area contributed by atoms with Crippen LogP contribution in [0.5, 0.6) is 11.5 Å². The number of benzene rings is 4. The molecular weight excluding hydrogens is 508 g/mol. The number of hydrogen-bond acceptors (Lipinski definition) is 8. The number of nitro benzene ring substituents is 1. The Morgan fingerprint density at radius 1 is 0.921 bits per heavy atom. The number of ether oxygens (including phenoxy) is 2. The van der Waals surface area contributed by atoms with Gasteiger partial charge in [-0.15, -0.1) is 0 Å². The molecule has 10 nitrogen and oxygen atoms in total. The number of methoxy groups -OCH3 is 1. The number of hydrogen-bond donors (Lipinski definition) is 2. The number of rotatable bonds is 11. The Labute approximate surface area is 219 Å². The van der Waals surface area contributed by atoms with Gasteiger partial charge >= 0.3 is 0 Å². The first-order valence-corrected chi connectivity index (χ1v) is 12.8. The van der Waals surface area contributed by atoms with Gasteiger partial charge in [-0.2, -0.15) is 5.10 Å². The zero-order chi connectivity index (χ0) is 27.0. The molecule has 0 saturated heterocycles. The lowest BCUT2D eigenvalue weighted by Gasteiger charge is -2.14. The maximum absolute atomic E-state index is 13.2. The second kappa shape index (κ2) is 11.9. The van der Waals surface area contributed by atoms with Crippen LogP contribution in [0.4, 0.5) is 17.1 Å². The Morgan fingerprint density at radius 2 is 1.63 bits per heavy atom. The highest BCUT2D eigenvalue weighted by atomic mass is 32.2. The summed E-state index contributed by atoms with van der Waals surface area (Å²) in [5.74, 6) is 0.982. The molecule has 0 bridgehead atoms. The van der Waals surface area contributed by atoms with E-state index in [4.69, 9.17) is 9.47 Å². The summed E-state index contributed by atoms with van der Waals surface area (Å²) in [6.45, 7) is 0.441. The predicted molar refractivity (Wildman–Crippen MR) is 145 cm³/mol. The van der Waals surface area contributed by atoms with Crippen molar-refractivity contribution in [3.8, 4) is 11.5 Å². The lowest BCUT2D eigenvalue weighted by Crippen LogP contribution is -2.15. The maximum Gasteiger partial charge on any atom is 0.270 e. The van der Waals surface area contributed by atoms with Crippen molar-refractivity contribution in [3.63, 3.8) is 0 Å². The summed E-state index contributed by atoms with van der Waals surface area (Å²) in [7, 11) is -2.84. The van der Waals surface area contributed by atoms with Gasteiger partial charge in [-0.05, 0) is 53.6 Å². The summed E-state index contributed by atoms with van der Waals surface area (Å²) >= 11 is 0. The van der Waals surface area contributed by atoms with E-state index >= 15 is 0 Å². The van der Waals surface area contributed by atoms with Gasteiger partial charge in [0, 0.05) is 12.1 Å². The van der Waals surface area contributed by atoms with E-state index in [2.05, 4.69) is 15.2 Å². The van der Waals surface area contributed by atoms with Crippen LogP contribution >= 0.6 is 0 Å². The average Bonchev–Trinajstić information content (AvgIpc) is 2.93. The fourth-order valence-electron chi connectivity index (χ4n) is 3.44. The first-order chi connectivity index (χ1) is 18.4. The Bertz CT molecular complexity index is 1540. The van der Waals surface area contributed by atoms with E-state index in [1.54, 1.807) is 42.5 Å². The number of nitrogens with zero attached hydrogens (tertiary/aromatic N) is 2. The second-order valence-corrected chi connectivity index (χ2v) is 9.61. The standard InChI is InChI=1S/C27H24N4O6S/c1-36-26-10-6-5-9-24(26)30-38(34,35)27-17-22(31(32)33)13-16-25(27)29-28-18-20-11-14-23(15-12-20)37-19-21-7-3-2-4-8-21/h2-18,29-30H,19H2,1H3/b28-18+. The molecule has 0 fully saturated rings. The Kier molecular flexibility index (Phi) is 8.19. The highest BCUT2D eigenvalue weighted by molar-refractivity contribution is 7.93. The molecule has 0 unspecified atom stereocenters. The number of non-ortho nitro benzene ring substituents is 1. The van der Waals surface area contributed by atoms with Crippen molar-refractivity contribution in [2.75, 3.05) is 17.3 Å². The third kappa shape index (κ3) is 6.65. The number of sulfonamides is 1. The number of para-hydroxylation sites is 2. The largest absolute Gasteiger partial charge is 0.495 e. The number of nitrogens with one attached hydrogen (secondary N) is 2. The van der Waals surface area contributed by atoms with Crippen LogP contribution in [0.25, 0.3) is 0 Å². The molecule has 4 aromatic rings. The van der Waals surface area contributed by atoms with Crippen LogP contribution in [0, 0.1) is 10.1 Å². The number of hydrazone groups is 1. The van der Waals surface area contributed by atoms with E-state index in [1.807, 2.05) is 30.3 Å². The van der Waals surface area contributed by atoms with Crippen molar-refractivity contribution in [3.05, 3.63) is 118 Å². The molecule has 0 amide bonds. The maximum atomic E-state index is 13.2. The van der Waals surface area contributed by atoms with E-state index in [9.17, 15) is 18.5 Å². The number of anilines is 2. The highest BCUT2D eigenvalue weighted by Gasteiger charge is 2.23. The first-order valence-electron chi connectivity index (χ1n) is 11.4. The highest BCUT2D eigenvalue weighted by Crippen LogP contribution is 2.31. The van der Waals surface area contributed by atoms with Gasteiger partial charge in [-0.3, -0.25) is 20.3 Å². The summed E-state index contributed by atoms with van der Waals surface area (Å²) in [4.78, 5) is 10.3. The normalized spacial score (nSPS) is 11.2. The predicted octanol–water partition coefficient (Wildman–Crippen LogP) is 5.43. The summed E-state index contributed by atoms with van der Waals surface area (Å²) in [6, 6.07) is 26.8. The van der Waals surface area contributed by atoms with Crippen LogP contribution in [0.2, 0.25) is 0 Å².